The number of carboxylic acid groups (broad SMARTS) is 1. The van der Waals surface area contributed by atoms with E-state index in [4.69, 9.17) is 10.4 Å². The Morgan fingerprint density at radius 1 is 1.38 bits per heavy atom. The van der Waals surface area contributed by atoms with E-state index in [1.54, 1.807) is 6.07 Å². The van der Waals surface area contributed by atoms with Crippen LogP contribution in [0.15, 0.2) is 35.9 Å². The number of hydrogen-bond donors (Lipinski definition) is 1. The molecule has 3 nitrogen and oxygen atoms in total. The summed E-state index contributed by atoms with van der Waals surface area (Å²) in [5.74, 6) is -1.16. The highest BCUT2D eigenvalue weighted by Crippen LogP contribution is 2.23. The summed E-state index contributed by atoms with van der Waals surface area (Å²) in [6.07, 6.45) is 1.40. The molecule has 0 heterocycles. The van der Waals surface area contributed by atoms with Gasteiger partial charge >= 0.3 is 5.97 Å². The van der Waals surface area contributed by atoms with Crippen molar-refractivity contribution < 1.29 is 9.90 Å². The molecule has 0 aliphatic heterocycles. The minimum atomic E-state index is -1.16. The van der Waals surface area contributed by atoms with Gasteiger partial charge in [0.15, 0.2) is 0 Å². The number of benzene rings is 1. The van der Waals surface area contributed by atoms with Crippen LogP contribution >= 0.6 is 0 Å². The van der Waals surface area contributed by atoms with Crippen molar-refractivity contribution in [3.05, 3.63) is 41.5 Å². The first kappa shape index (κ1) is 12.0. The van der Waals surface area contributed by atoms with Gasteiger partial charge in [0.2, 0.25) is 0 Å². The number of carbonyl (C=O) groups is 1. The van der Waals surface area contributed by atoms with Crippen molar-refractivity contribution in [2.24, 2.45) is 0 Å². The Morgan fingerprint density at radius 3 is 2.44 bits per heavy atom. The quantitative estimate of drug-likeness (QED) is 0.620. The molecule has 0 spiro atoms. The summed E-state index contributed by atoms with van der Waals surface area (Å²) in [6, 6.07) is 10.9. The highest BCUT2D eigenvalue weighted by Gasteiger charge is 2.14. The second-order valence-electron chi connectivity index (χ2n) is 3.39. The molecule has 1 aromatic carbocycles. The van der Waals surface area contributed by atoms with E-state index in [0.29, 0.717) is 12.0 Å². The van der Waals surface area contributed by atoms with Crippen LogP contribution in [0.1, 0.15) is 25.3 Å². The van der Waals surface area contributed by atoms with E-state index in [9.17, 15) is 4.79 Å². The van der Waals surface area contributed by atoms with Gasteiger partial charge in [0.05, 0.1) is 0 Å². The Bertz CT molecular complexity index is 441. The van der Waals surface area contributed by atoms with Crippen LogP contribution in [-0.4, -0.2) is 11.1 Å². The zero-order valence-electron chi connectivity index (χ0n) is 9.10. The van der Waals surface area contributed by atoms with Gasteiger partial charge in [-0.1, -0.05) is 43.7 Å². The van der Waals surface area contributed by atoms with Crippen molar-refractivity contribution in [3.8, 4) is 6.07 Å². The lowest BCUT2D eigenvalue weighted by Crippen LogP contribution is -2.02. The zero-order valence-corrected chi connectivity index (χ0v) is 9.10. The van der Waals surface area contributed by atoms with Gasteiger partial charge in [0.1, 0.15) is 11.6 Å². The topological polar surface area (TPSA) is 61.1 Å². The molecule has 1 aromatic rings. The maximum Gasteiger partial charge on any atom is 0.346 e. The summed E-state index contributed by atoms with van der Waals surface area (Å²) in [5, 5.41) is 17.8. The molecule has 0 fully saturated rings. The number of rotatable bonds is 4. The predicted octanol–water partition coefficient (Wildman–Crippen LogP) is 2.85. The third-order valence-corrected chi connectivity index (χ3v) is 2.25. The summed E-state index contributed by atoms with van der Waals surface area (Å²) < 4.78 is 0. The Labute approximate surface area is 94.6 Å². The fraction of sp³-hybridized carbons (Fsp3) is 0.231. The summed E-state index contributed by atoms with van der Waals surface area (Å²) in [5.41, 5.74) is 1.26. The third-order valence-electron chi connectivity index (χ3n) is 2.25. The predicted molar refractivity (Wildman–Crippen MR) is 61.5 cm³/mol. The summed E-state index contributed by atoms with van der Waals surface area (Å²) in [7, 11) is 0. The largest absolute Gasteiger partial charge is 0.477 e. The SMILES string of the molecule is CCCC(=C(C#N)C(=O)O)c1ccccc1. The molecule has 0 radical (unpaired) electrons. The first-order valence-electron chi connectivity index (χ1n) is 5.12. The van der Waals surface area contributed by atoms with Crippen LogP contribution in [0.25, 0.3) is 5.57 Å². The average Bonchev–Trinajstić information content (AvgIpc) is 2.29. The van der Waals surface area contributed by atoms with Crippen molar-refractivity contribution in [3.63, 3.8) is 0 Å². The smallest absolute Gasteiger partial charge is 0.346 e. The summed E-state index contributed by atoms with van der Waals surface area (Å²) in [6.45, 7) is 1.96. The van der Waals surface area contributed by atoms with E-state index in [-0.39, 0.29) is 5.57 Å². The molecule has 0 unspecified atom stereocenters. The second-order valence-corrected chi connectivity index (χ2v) is 3.39. The zero-order chi connectivity index (χ0) is 12.0. The third kappa shape index (κ3) is 2.71. The summed E-state index contributed by atoms with van der Waals surface area (Å²) >= 11 is 0. The number of nitriles is 1. The van der Waals surface area contributed by atoms with Crippen LogP contribution in [0.4, 0.5) is 0 Å². The molecule has 0 atom stereocenters. The van der Waals surface area contributed by atoms with Gasteiger partial charge in [-0.15, -0.1) is 0 Å². The Kier molecular flexibility index (Phi) is 4.28. The van der Waals surface area contributed by atoms with Gasteiger partial charge in [-0.05, 0) is 17.6 Å². The lowest BCUT2D eigenvalue weighted by Gasteiger charge is -2.07. The molecule has 0 aliphatic rings. The molecule has 1 rings (SSSR count). The molecule has 0 saturated carbocycles. The lowest BCUT2D eigenvalue weighted by atomic mass is 9.96. The monoisotopic (exact) mass is 215 g/mol. The van der Waals surface area contributed by atoms with E-state index in [1.807, 2.05) is 37.3 Å². The van der Waals surface area contributed by atoms with Crippen LogP contribution < -0.4 is 0 Å². The van der Waals surface area contributed by atoms with Gasteiger partial charge in [-0.25, -0.2) is 4.79 Å². The second kappa shape index (κ2) is 5.72. The Balaban J connectivity index is 3.29. The van der Waals surface area contributed by atoms with E-state index >= 15 is 0 Å². The van der Waals surface area contributed by atoms with Crippen LogP contribution in [-0.2, 0) is 4.79 Å². The molecule has 0 amide bonds. The minimum Gasteiger partial charge on any atom is -0.477 e. The number of aliphatic carboxylic acids is 1. The molecule has 82 valence electrons. The molecule has 16 heavy (non-hydrogen) atoms. The van der Waals surface area contributed by atoms with E-state index < -0.39 is 5.97 Å². The van der Waals surface area contributed by atoms with Crippen LogP contribution in [0.2, 0.25) is 0 Å². The average molecular weight is 215 g/mol. The Morgan fingerprint density at radius 2 is 2.00 bits per heavy atom. The van der Waals surface area contributed by atoms with E-state index in [1.165, 1.54) is 0 Å². The minimum absolute atomic E-state index is 0.159. The Hall–Kier alpha value is -2.08. The first-order valence-corrected chi connectivity index (χ1v) is 5.12. The van der Waals surface area contributed by atoms with Gasteiger partial charge in [0, 0.05) is 0 Å². The molecule has 3 heteroatoms. The van der Waals surface area contributed by atoms with Crippen LogP contribution in [0.3, 0.4) is 0 Å². The van der Waals surface area contributed by atoms with Gasteiger partial charge < -0.3 is 5.11 Å². The normalized spacial score (nSPS) is 11.5. The van der Waals surface area contributed by atoms with Gasteiger partial charge in [-0.3, -0.25) is 0 Å². The van der Waals surface area contributed by atoms with Gasteiger partial charge in [-0.2, -0.15) is 5.26 Å². The molecule has 0 bridgehead atoms. The highest BCUT2D eigenvalue weighted by molar-refractivity contribution is 6.00. The molecular weight excluding hydrogens is 202 g/mol. The summed E-state index contributed by atoms with van der Waals surface area (Å²) in [4.78, 5) is 10.9. The van der Waals surface area contributed by atoms with Crippen molar-refractivity contribution in [2.75, 3.05) is 0 Å². The fourth-order valence-electron chi connectivity index (χ4n) is 1.55. The molecular formula is C13H13NO2. The highest BCUT2D eigenvalue weighted by atomic mass is 16.4. The van der Waals surface area contributed by atoms with Crippen molar-refractivity contribution in [1.82, 2.24) is 0 Å². The molecule has 1 N–H and O–H groups in total. The number of carboxylic acids is 1. The standard InChI is InChI=1S/C13H13NO2/c1-2-6-11(12(9-14)13(15)16)10-7-4-3-5-8-10/h3-5,7-8H,2,6H2,1H3,(H,15,16). The maximum absolute atomic E-state index is 10.9. The molecule has 0 aromatic heterocycles. The molecule has 0 aliphatic carbocycles. The van der Waals surface area contributed by atoms with Crippen molar-refractivity contribution in [1.29, 1.82) is 5.26 Å². The molecule has 0 saturated heterocycles. The number of hydrogen-bond acceptors (Lipinski definition) is 2. The van der Waals surface area contributed by atoms with Crippen LogP contribution in [0.5, 0.6) is 0 Å². The number of nitrogens with zero attached hydrogens (tertiary/aromatic N) is 1. The van der Waals surface area contributed by atoms with Crippen molar-refractivity contribution in [2.45, 2.75) is 19.8 Å². The van der Waals surface area contributed by atoms with Crippen molar-refractivity contribution >= 4 is 11.5 Å². The van der Waals surface area contributed by atoms with Gasteiger partial charge in [0.25, 0.3) is 0 Å². The van der Waals surface area contributed by atoms with Crippen LogP contribution in [0, 0.1) is 11.3 Å². The first-order chi connectivity index (χ1) is 7.70. The van der Waals surface area contributed by atoms with E-state index in [2.05, 4.69) is 0 Å². The lowest BCUT2D eigenvalue weighted by molar-refractivity contribution is -0.132. The maximum atomic E-state index is 10.9. The fourth-order valence-corrected chi connectivity index (χ4v) is 1.55. The number of allylic oxidation sites excluding steroid dienone is 1. The van der Waals surface area contributed by atoms with E-state index in [0.717, 1.165) is 12.0 Å².